The number of amides is 2. The van der Waals surface area contributed by atoms with Gasteiger partial charge in [-0.3, -0.25) is 24.6 Å². The van der Waals surface area contributed by atoms with Crippen LogP contribution in [0.25, 0.3) is 0 Å². The highest BCUT2D eigenvalue weighted by molar-refractivity contribution is 6.32. The molecule has 1 saturated heterocycles. The zero-order valence-corrected chi connectivity index (χ0v) is 19.2. The van der Waals surface area contributed by atoms with Crippen LogP contribution in [-0.2, 0) is 4.74 Å². The molecule has 0 bridgehead atoms. The number of nitrogens with one attached hydrogen (secondary N) is 2. The summed E-state index contributed by atoms with van der Waals surface area (Å²) in [5.41, 5.74) is 1.22. The fourth-order valence-corrected chi connectivity index (χ4v) is 3.62. The lowest BCUT2D eigenvalue weighted by Crippen LogP contribution is -2.41. The molecule has 2 N–H and O–H groups in total. The maximum absolute atomic E-state index is 12.9. The number of nitro groups is 1. The maximum atomic E-state index is 12.9. The van der Waals surface area contributed by atoms with E-state index in [9.17, 15) is 19.7 Å². The summed E-state index contributed by atoms with van der Waals surface area (Å²) in [5.74, 6) is -0.809. The van der Waals surface area contributed by atoms with E-state index < -0.39 is 10.8 Å². The average Bonchev–Trinajstić information content (AvgIpc) is 2.79. The van der Waals surface area contributed by atoms with Crippen molar-refractivity contribution in [2.75, 3.05) is 63.7 Å². The molecule has 33 heavy (non-hydrogen) atoms. The number of benzene rings is 2. The van der Waals surface area contributed by atoms with Gasteiger partial charge in [0.1, 0.15) is 5.02 Å². The zero-order valence-electron chi connectivity index (χ0n) is 18.5. The molecule has 10 nitrogen and oxygen atoms in total. The summed E-state index contributed by atoms with van der Waals surface area (Å²) in [5, 5.41) is 16.7. The third-order valence-corrected chi connectivity index (χ3v) is 5.52. The van der Waals surface area contributed by atoms with E-state index in [1.807, 2.05) is 19.0 Å². The number of hydrogen-bond donors (Lipinski definition) is 2. The number of nitrogens with zero attached hydrogens (tertiary/aromatic N) is 3. The summed E-state index contributed by atoms with van der Waals surface area (Å²) in [7, 11) is 3.65. The van der Waals surface area contributed by atoms with Crippen molar-refractivity contribution in [3.63, 3.8) is 0 Å². The second-order valence-corrected chi connectivity index (χ2v) is 8.12. The van der Waals surface area contributed by atoms with Gasteiger partial charge in [-0.05, 0) is 30.3 Å². The van der Waals surface area contributed by atoms with Gasteiger partial charge in [-0.2, -0.15) is 0 Å². The molecule has 0 aliphatic carbocycles. The van der Waals surface area contributed by atoms with Crippen LogP contribution in [-0.4, -0.2) is 75.1 Å². The zero-order chi connectivity index (χ0) is 24.0. The van der Waals surface area contributed by atoms with Crippen molar-refractivity contribution in [1.82, 2.24) is 10.2 Å². The van der Waals surface area contributed by atoms with Crippen LogP contribution >= 0.6 is 11.6 Å². The molecule has 3 rings (SSSR count). The number of halogens is 1. The van der Waals surface area contributed by atoms with E-state index in [0.29, 0.717) is 36.7 Å². The summed E-state index contributed by atoms with van der Waals surface area (Å²) in [4.78, 5) is 40.0. The molecule has 1 aliphatic rings. The summed E-state index contributed by atoms with van der Waals surface area (Å²) in [6.07, 6.45) is 0. The number of anilines is 2. The van der Waals surface area contributed by atoms with Crippen molar-refractivity contribution in [1.29, 1.82) is 0 Å². The number of carbonyl (C=O) groups excluding carboxylic acids is 2. The molecule has 1 heterocycles. The predicted octanol–water partition coefficient (Wildman–Crippen LogP) is 2.63. The first-order valence-electron chi connectivity index (χ1n) is 10.4. The van der Waals surface area contributed by atoms with Crippen LogP contribution in [0.4, 0.5) is 17.1 Å². The molecular weight excluding hydrogens is 450 g/mol. The van der Waals surface area contributed by atoms with E-state index in [1.54, 1.807) is 18.2 Å². The highest BCUT2D eigenvalue weighted by Crippen LogP contribution is 2.27. The quantitative estimate of drug-likeness (QED) is 0.445. The predicted molar refractivity (Wildman–Crippen MR) is 126 cm³/mol. The maximum Gasteiger partial charge on any atom is 0.288 e. The van der Waals surface area contributed by atoms with Gasteiger partial charge in [-0.1, -0.05) is 11.6 Å². The summed E-state index contributed by atoms with van der Waals surface area (Å²) in [6.45, 7) is 4.26. The number of morpholine rings is 1. The molecule has 0 spiro atoms. The molecular formula is C22H26ClN5O5. The summed E-state index contributed by atoms with van der Waals surface area (Å²) < 4.78 is 5.33. The van der Waals surface area contributed by atoms with Gasteiger partial charge in [-0.25, -0.2) is 0 Å². The largest absolute Gasteiger partial charge is 0.379 e. The van der Waals surface area contributed by atoms with Gasteiger partial charge in [0.2, 0.25) is 0 Å². The first-order valence-corrected chi connectivity index (χ1v) is 10.8. The average molecular weight is 476 g/mol. The third kappa shape index (κ3) is 6.41. The SMILES string of the molecule is CN(C)c1ccc(NC(=O)c2ccc(Cl)c([N+](=O)[O-])c2)cc1C(=O)NCCN1CCOCC1. The van der Waals surface area contributed by atoms with Gasteiger partial charge in [0.15, 0.2) is 0 Å². The topological polar surface area (TPSA) is 117 Å². The minimum Gasteiger partial charge on any atom is -0.379 e. The Hall–Kier alpha value is -3.21. The van der Waals surface area contributed by atoms with Crippen LogP contribution in [0, 0.1) is 10.1 Å². The smallest absolute Gasteiger partial charge is 0.288 e. The number of rotatable bonds is 8. The molecule has 0 unspecified atom stereocenters. The van der Waals surface area contributed by atoms with Gasteiger partial charge in [-0.15, -0.1) is 0 Å². The number of ether oxygens (including phenoxy) is 1. The Balaban J connectivity index is 1.72. The molecule has 0 aromatic heterocycles. The Morgan fingerprint density at radius 3 is 2.55 bits per heavy atom. The van der Waals surface area contributed by atoms with Crippen LogP contribution < -0.4 is 15.5 Å². The molecule has 2 amide bonds. The minimum atomic E-state index is -0.648. The Morgan fingerprint density at radius 1 is 1.15 bits per heavy atom. The van der Waals surface area contributed by atoms with Gasteiger partial charge >= 0.3 is 0 Å². The highest BCUT2D eigenvalue weighted by Gasteiger charge is 2.19. The van der Waals surface area contributed by atoms with Gasteiger partial charge in [0.05, 0.1) is 23.7 Å². The Morgan fingerprint density at radius 2 is 1.88 bits per heavy atom. The van der Waals surface area contributed by atoms with Crippen molar-refractivity contribution < 1.29 is 19.2 Å². The van der Waals surface area contributed by atoms with E-state index in [4.69, 9.17) is 16.3 Å². The number of carbonyl (C=O) groups is 2. The van der Waals surface area contributed by atoms with Gasteiger partial charge < -0.3 is 20.3 Å². The lowest BCUT2D eigenvalue weighted by molar-refractivity contribution is -0.384. The highest BCUT2D eigenvalue weighted by atomic mass is 35.5. The molecule has 0 atom stereocenters. The molecule has 1 fully saturated rings. The lowest BCUT2D eigenvalue weighted by atomic mass is 10.1. The van der Waals surface area contributed by atoms with E-state index in [0.717, 1.165) is 25.7 Å². The number of hydrogen-bond acceptors (Lipinski definition) is 7. The fraction of sp³-hybridized carbons (Fsp3) is 0.364. The molecule has 176 valence electrons. The van der Waals surface area contributed by atoms with Crippen LogP contribution in [0.5, 0.6) is 0 Å². The van der Waals surface area contributed by atoms with Gasteiger partial charge in [0, 0.05) is 63.3 Å². The Labute approximate surface area is 196 Å². The minimum absolute atomic E-state index is 0.0528. The first kappa shape index (κ1) is 24.4. The van der Waals surface area contributed by atoms with E-state index in [2.05, 4.69) is 15.5 Å². The van der Waals surface area contributed by atoms with Crippen molar-refractivity contribution in [2.45, 2.75) is 0 Å². The van der Waals surface area contributed by atoms with Crippen LogP contribution in [0.1, 0.15) is 20.7 Å². The van der Waals surface area contributed by atoms with Crippen molar-refractivity contribution in [3.8, 4) is 0 Å². The number of nitro benzene ring substituents is 1. The molecule has 2 aromatic rings. The lowest BCUT2D eigenvalue weighted by Gasteiger charge is -2.26. The third-order valence-electron chi connectivity index (χ3n) is 5.20. The van der Waals surface area contributed by atoms with Crippen LogP contribution in [0.2, 0.25) is 5.02 Å². The Bertz CT molecular complexity index is 1040. The summed E-state index contributed by atoms with van der Waals surface area (Å²) in [6, 6.07) is 8.81. The first-order chi connectivity index (χ1) is 15.8. The second-order valence-electron chi connectivity index (χ2n) is 7.71. The molecule has 11 heteroatoms. The Kier molecular flexibility index (Phi) is 8.21. The molecule has 0 saturated carbocycles. The van der Waals surface area contributed by atoms with E-state index in [-0.39, 0.29) is 22.2 Å². The van der Waals surface area contributed by atoms with Crippen molar-refractivity contribution >= 4 is 40.5 Å². The summed E-state index contributed by atoms with van der Waals surface area (Å²) >= 11 is 5.82. The molecule has 1 aliphatic heterocycles. The van der Waals surface area contributed by atoms with Crippen molar-refractivity contribution in [3.05, 3.63) is 62.7 Å². The van der Waals surface area contributed by atoms with Gasteiger partial charge in [0.25, 0.3) is 17.5 Å². The monoisotopic (exact) mass is 475 g/mol. The van der Waals surface area contributed by atoms with Crippen LogP contribution in [0.15, 0.2) is 36.4 Å². The molecule has 2 aromatic carbocycles. The normalized spacial score (nSPS) is 13.9. The second kappa shape index (κ2) is 11.1. The molecule has 0 radical (unpaired) electrons. The van der Waals surface area contributed by atoms with E-state index >= 15 is 0 Å². The fourth-order valence-electron chi connectivity index (χ4n) is 3.43. The van der Waals surface area contributed by atoms with Crippen LogP contribution in [0.3, 0.4) is 0 Å². The van der Waals surface area contributed by atoms with E-state index in [1.165, 1.54) is 12.1 Å². The standard InChI is InChI=1S/C22H26ClN5O5/c1-26(2)19-6-4-16(25-21(29)15-3-5-18(23)20(13-15)28(31)32)14-17(19)22(30)24-7-8-27-9-11-33-12-10-27/h3-6,13-14H,7-12H2,1-2H3,(H,24,30)(H,25,29). The van der Waals surface area contributed by atoms with Crippen molar-refractivity contribution in [2.24, 2.45) is 0 Å².